The lowest BCUT2D eigenvalue weighted by Gasteiger charge is -2.28. The number of ether oxygens (including phenoxy) is 1. The minimum absolute atomic E-state index is 0.0538. The summed E-state index contributed by atoms with van der Waals surface area (Å²) < 4.78 is 7.37. The summed E-state index contributed by atoms with van der Waals surface area (Å²) in [5.41, 5.74) is 5.99. The second kappa shape index (κ2) is 13.5. The molecule has 0 atom stereocenters. The Bertz CT molecular complexity index is 1560. The molecule has 4 heterocycles. The van der Waals surface area contributed by atoms with E-state index in [0.717, 1.165) is 33.9 Å². The number of piperidine rings is 1. The molecule has 0 unspecified atom stereocenters. The second-order valence-corrected chi connectivity index (χ2v) is 10.6. The van der Waals surface area contributed by atoms with E-state index in [-0.39, 0.29) is 18.0 Å². The zero-order chi connectivity index (χ0) is 29.5. The van der Waals surface area contributed by atoms with Gasteiger partial charge >= 0.3 is 0 Å². The van der Waals surface area contributed by atoms with Crippen molar-refractivity contribution in [3.8, 4) is 16.9 Å². The summed E-state index contributed by atoms with van der Waals surface area (Å²) in [6.45, 7) is 10.1. The van der Waals surface area contributed by atoms with Crippen LogP contribution in [0.1, 0.15) is 45.7 Å². The van der Waals surface area contributed by atoms with E-state index in [0.29, 0.717) is 22.6 Å². The molecule has 0 bridgehead atoms. The molecule has 3 N–H and O–H groups in total. The van der Waals surface area contributed by atoms with Gasteiger partial charge in [-0.3, -0.25) is 9.59 Å². The Morgan fingerprint density at radius 2 is 1.85 bits per heavy atom. The Hall–Kier alpha value is -4.14. The van der Waals surface area contributed by atoms with Crippen molar-refractivity contribution in [2.45, 2.75) is 39.3 Å². The first-order valence-corrected chi connectivity index (χ1v) is 14.0. The number of H-pyrrole nitrogens is 1. The first-order valence-electron chi connectivity index (χ1n) is 14.0. The molecule has 0 radical (unpaired) electrons. The van der Waals surface area contributed by atoms with E-state index in [4.69, 9.17) is 4.74 Å². The van der Waals surface area contributed by atoms with Gasteiger partial charge in [0.05, 0.1) is 24.7 Å². The van der Waals surface area contributed by atoms with Crippen LogP contribution in [0.25, 0.3) is 22.7 Å². The zero-order valence-corrected chi connectivity index (χ0v) is 24.7. The Labute approximate surface area is 242 Å². The zero-order valence-electron chi connectivity index (χ0n) is 24.7. The highest BCUT2D eigenvalue weighted by atomic mass is 16.5. The third-order valence-corrected chi connectivity index (χ3v) is 7.69. The number of methoxy groups -OCH3 is 1. The summed E-state index contributed by atoms with van der Waals surface area (Å²) in [4.78, 5) is 30.6. The van der Waals surface area contributed by atoms with E-state index in [1.165, 1.54) is 33.0 Å². The maximum absolute atomic E-state index is 13.2. The van der Waals surface area contributed by atoms with Gasteiger partial charge < -0.3 is 29.7 Å². The summed E-state index contributed by atoms with van der Waals surface area (Å²) in [7, 11) is 5.83. The smallest absolute Gasteiger partial charge is 0.256 e. The highest BCUT2D eigenvalue weighted by Gasteiger charge is 2.18. The van der Waals surface area contributed by atoms with Crippen LogP contribution in [0.3, 0.4) is 0 Å². The number of aromatic amines is 1. The van der Waals surface area contributed by atoms with Gasteiger partial charge in [-0.15, -0.1) is 0 Å². The second-order valence-electron chi connectivity index (χ2n) is 10.6. The van der Waals surface area contributed by atoms with Crippen LogP contribution >= 0.6 is 0 Å². The van der Waals surface area contributed by atoms with Gasteiger partial charge in [-0.25, -0.2) is 0 Å². The molecule has 41 heavy (non-hydrogen) atoms. The summed E-state index contributed by atoms with van der Waals surface area (Å²) in [5, 5.41) is 6.22. The van der Waals surface area contributed by atoms with Crippen LogP contribution in [0.4, 0.5) is 0 Å². The quantitative estimate of drug-likeness (QED) is 0.305. The van der Waals surface area contributed by atoms with Crippen molar-refractivity contribution in [2.75, 3.05) is 34.3 Å². The standard InChI is InChI=1S/C26H25N3O3.C7H16N2/c1-5-22-17(3)20(14-23-19(11-12-29(22)23)18-9-7-6-8-10-18)25(30)27-15-21-24(32-4)13-16(2)28-26(21)31;1-9(2)7-3-5-8-6-4-7/h5-14H,1,15H2,2-4H3,(H,27,30)(H,28,31);7-8H,3-6H2,1-2H3. The number of amides is 1. The fourth-order valence-electron chi connectivity index (χ4n) is 5.34. The topological polar surface area (TPSA) is 90.9 Å². The molecule has 0 spiro atoms. The minimum Gasteiger partial charge on any atom is -0.496 e. The van der Waals surface area contributed by atoms with Crippen molar-refractivity contribution in [3.05, 3.63) is 99.7 Å². The largest absolute Gasteiger partial charge is 0.496 e. The van der Waals surface area contributed by atoms with E-state index in [1.54, 1.807) is 19.1 Å². The Kier molecular flexibility index (Phi) is 9.81. The van der Waals surface area contributed by atoms with Gasteiger partial charge in [0.15, 0.2) is 0 Å². The predicted molar refractivity (Wildman–Crippen MR) is 167 cm³/mol. The fourth-order valence-corrected chi connectivity index (χ4v) is 5.34. The van der Waals surface area contributed by atoms with Crippen LogP contribution < -0.4 is 20.9 Å². The lowest BCUT2D eigenvalue weighted by atomic mass is 10.0. The van der Waals surface area contributed by atoms with Crippen molar-refractivity contribution in [3.63, 3.8) is 0 Å². The average molecular weight is 556 g/mol. The highest BCUT2D eigenvalue weighted by Crippen LogP contribution is 2.30. The van der Waals surface area contributed by atoms with E-state index >= 15 is 0 Å². The molecule has 0 saturated carbocycles. The van der Waals surface area contributed by atoms with E-state index in [1.807, 2.05) is 60.0 Å². The molecule has 5 rings (SSSR count). The third-order valence-electron chi connectivity index (χ3n) is 7.69. The number of carbonyl (C=O) groups excluding carboxylic acids is 1. The van der Waals surface area contributed by atoms with Gasteiger partial charge in [-0.05, 0) is 89.3 Å². The molecule has 1 aliphatic heterocycles. The van der Waals surface area contributed by atoms with Crippen LogP contribution in [0, 0.1) is 13.8 Å². The Morgan fingerprint density at radius 3 is 2.46 bits per heavy atom. The number of rotatable bonds is 7. The highest BCUT2D eigenvalue weighted by molar-refractivity contribution is 5.99. The monoisotopic (exact) mass is 555 g/mol. The number of fused-ring (bicyclic) bond motifs is 1. The van der Waals surface area contributed by atoms with Gasteiger partial charge in [0, 0.05) is 34.8 Å². The number of pyridine rings is 2. The Balaban J connectivity index is 0.000000367. The molecule has 216 valence electrons. The van der Waals surface area contributed by atoms with Gasteiger partial charge in [0.1, 0.15) is 5.75 Å². The molecule has 8 nitrogen and oxygen atoms in total. The Morgan fingerprint density at radius 1 is 1.15 bits per heavy atom. The molecule has 8 heteroatoms. The molecule has 0 aliphatic carbocycles. The minimum atomic E-state index is -0.279. The average Bonchev–Trinajstić information content (AvgIpc) is 3.40. The number of aryl methyl sites for hydroxylation is 1. The summed E-state index contributed by atoms with van der Waals surface area (Å²) in [5.74, 6) is 0.179. The number of aromatic nitrogens is 2. The van der Waals surface area contributed by atoms with Crippen molar-refractivity contribution < 1.29 is 9.53 Å². The van der Waals surface area contributed by atoms with Crippen LogP contribution in [0.2, 0.25) is 0 Å². The molecule has 1 amide bonds. The molecule has 1 fully saturated rings. The molecule has 1 aromatic carbocycles. The normalized spacial score (nSPS) is 13.5. The molecule has 1 aliphatic rings. The van der Waals surface area contributed by atoms with E-state index in [2.05, 4.69) is 41.2 Å². The van der Waals surface area contributed by atoms with Crippen molar-refractivity contribution >= 4 is 17.5 Å². The lowest BCUT2D eigenvalue weighted by Crippen LogP contribution is -2.39. The third kappa shape index (κ3) is 6.78. The number of hydrogen-bond acceptors (Lipinski definition) is 5. The molecule has 4 aromatic rings. The number of hydrogen-bond donors (Lipinski definition) is 3. The number of nitrogens with one attached hydrogen (secondary N) is 3. The fraction of sp³-hybridized carbons (Fsp3) is 0.333. The van der Waals surface area contributed by atoms with Gasteiger partial charge in [0.2, 0.25) is 0 Å². The summed E-state index contributed by atoms with van der Waals surface area (Å²) in [6.07, 6.45) is 6.36. The summed E-state index contributed by atoms with van der Waals surface area (Å²) >= 11 is 0. The SMILES string of the molecule is C=Cc1c(C)c(C(=O)NCc2c(OC)cc(C)[nH]c2=O)cc2c(-c3ccccc3)ccn12.CN(C)C1CCNCC1. The van der Waals surface area contributed by atoms with Crippen LogP contribution in [-0.2, 0) is 6.54 Å². The van der Waals surface area contributed by atoms with Gasteiger partial charge in [0.25, 0.3) is 11.5 Å². The van der Waals surface area contributed by atoms with Crippen LogP contribution in [-0.4, -0.2) is 60.5 Å². The van der Waals surface area contributed by atoms with Crippen LogP contribution in [0.15, 0.2) is 66.1 Å². The maximum Gasteiger partial charge on any atom is 0.256 e. The maximum atomic E-state index is 13.2. The molecular weight excluding hydrogens is 514 g/mol. The van der Waals surface area contributed by atoms with Crippen LogP contribution in [0.5, 0.6) is 5.75 Å². The van der Waals surface area contributed by atoms with E-state index < -0.39 is 0 Å². The van der Waals surface area contributed by atoms with Crippen molar-refractivity contribution in [1.29, 1.82) is 0 Å². The summed E-state index contributed by atoms with van der Waals surface area (Å²) in [6, 6.07) is 16.5. The molecule has 1 saturated heterocycles. The van der Waals surface area contributed by atoms with Gasteiger partial charge in [-0.2, -0.15) is 0 Å². The lowest BCUT2D eigenvalue weighted by molar-refractivity contribution is 0.0950. The molecular formula is C33H41N5O3. The predicted octanol–water partition coefficient (Wildman–Crippen LogP) is 4.79. The van der Waals surface area contributed by atoms with E-state index in [9.17, 15) is 9.59 Å². The van der Waals surface area contributed by atoms with Crippen molar-refractivity contribution in [1.82, 2.24) is 24.9 Å². The number of carbonyl (C=O) groups is 1. The number of benzene rings is 1. The van der Waals surface area contributed by atoms with Crippen molar-refractivity contribution in [2.24, 2.45) is 0 Å². The first kappa shape index (κ1) is 29.8. The van der Waals surface area contributed by atoms with Gasteiger partial charge in [-0.1, -0.05) is 36.9 Å². The number of nitrogens with zero attached hydrogens (tertiary/aromatic N) is 2. The first-order chi connectivity index (χ1) is 19.7. The molecule has 3 aromatic heterocycles.